The molecule has 0 spiro atoms. The van der Waals surface area contributed by atoms with Crippen LogP contribution in [0, 0.1) is 0 Å². The second-order valence-corrected chi connectivity index (χ2v) is 6.30. The van der Waals surface area contributed by atoms with Crippen molar-refractivity contribution in [2.45, 2.75) is 12.6 Å². The summed E-state index contributed by atoms with van der Waals surface area (Å²) in [6.07, 6.45) is 0.777. The molecule has 136 valence electrons. The number of fused-ring (bicyclic) bond motifs is 1. The van der Waals surface area contributed by atoms with Gasteiger partial charge in [-0.25, -0.2) is 4.79 Å². The Kier molecular flexibility index (Phi) is 4.33. The molecule has 1 amide bonds. The minimum atomic E-state index is -0.710. The predicted molar refractivity (Wildman–Crippen MR) is 98.7 cm³/mol. The van der Waals surface area contributed by atoms with Crippen LogP contribution in [0.15, 0.2) is 70.4 Å². The van der Waals surface area contributed by atoms with E-state index in [0.717, 1.165) is 17.3 Å². The van der Waals surface area contributed by atoms with E-state index >= 15 is 0 Å². The summed E-state index contributed by atoms with van der Waals surface area (Å²) in [4.78, 5) is 42.3. The van der Waals surface area contributed by atoms with Gasteiger partial charge in [0.1, 0.15) is 17.4 Å². The first-order chi connectivity index (χ1) is 13.1. The maximum absolute atomic E-state index is 13.0. The quantitative estimate of drug-likeness (QED) is 0.726. The molecule has 1 aromatic heterocycles. The van der Waals surface area contributed by atoms with Crippen LogP contribution in [-0.2, 0) is 6.54 Å². The number of carbonyl (C=O) groups is 1. The molecule has 1 unspecified atom stereocenters. The van der Waals surface area contributed by atoms with Crippen LogP contribution < -0.4 is 16.0 Å². The first kappa shape index (κ1) is 16.8. The Morgan fingerprint density at radius 2 is 1.78 bits per heavy atom. The number of nitrogens with one attached hydrogen (secondary N) is 2. The van der Waals surface area contributed by atoms with Crippen molar-refractivity contribution >= 4 is 5.91 Å². The fourth-order valence-electron chi connectivity index (χ4n) is 3.15. The van der Waals surface area contributed by atoms with Crippen LogP contribution in [0.2, 0.25) is 0 Å². The standard InChI is InChI=1S/C20H17N3O4/c24-18-15(10-21-20(26)22-18)19(25)23-11-14-8-4-5-9-16(14)27-17(12-23)13-6-2-1-3-7-13/h1-10,17H,11-12H2,(H2,21,22,24,26). The van der Waals surface area contributed by atoms with E-state index in [1.807, 2.05) is 54.6 Å². The number of aromatic nitrogens is 2. The van der Waals surface area contributed by atoms with Gasteiger partial charge in [0.2, 0.25) is 0 Å². The van der Waals surface area contributed by atoms with E-state index < -0.39 is 17.2 Å². The third-order valence-corrected chi connectivity index (χ3v) is 4.50. The number of carbonyl (C=O) groups excluding carboxylic acids is 1. The van der Waals surface area contributed by atoms with Crippen LogP contribution in [0.25, 0.3) is 0 Å². The van der Waals surface area contributed by atoms with Crippen molar-refractivity contribution < 1.29 is 9.53 Å². The van der Waals surface area contributed by atoms with Gasteiger partial charge in [-0.3, -0.25) is 14.6 Å². The highest BCUT2D eigenvalue weighted by Gasteiger charge is 2.28. The van der Waals surface area contributed by atoms with E-state index in [0.29, 0.717) is 12.3 Å². The number of benzene rings is 2. The minimum Gasteiger partial charge on any atom is -0.484 e. The van der Waals surface area contributed by atoms with Gasteiger partial charge in [-0.1, -0.05) is 48.5 Å². The molecule has 2 heterocycles. The van der Waals surface area contributed by atoms with Gasteiger partial charge < -0.3 is 14.6 Å². The van der Waals surface area contributed by atoms with Crippen molar-refractivity contribution in [3.63, 3.8) is 0 Å². The molecule has 0 fully saturated rings. The minimum absolute atomic E-state index is 0.110. The molecule has 0 saturated heterocycles. The molecule has 0 saturated carbocycles. The van der Waals surface area contributed by atoms with E-state index in [4.69, 9.17) is 4.74 Å². The first-order valence-electron chi connectivity index (χ1n) is 8.52. The first-order valence-corrected chi connectivity index (χ1v) is 8.52. The molecular weight excluding hydrogens is 346 g/mol. The smallest absolute Gasteiger partial charge is 0.325 e. The highest BCUT2D eigenvalue weighted by molar-refractivity contribution is 5.93. The zero-order valence-corrected chi connectivity index (χ0v) is 14.3. The molecular formula is C20H17N3O4. The van der Waals surface area contributed by atoms with Crippen LogP contribution in [0.3, 0.4) is 0 Å². The molecule has 0 radical (unpaired) electrons. The molecule has 1 atom stereocenters. The number of rotatable bonds is 2. The summed E-state index contributed by atoms with van der Waals surface area (Å²) in [6.45, 7) is 0.576. The molecule has 3 aromatic rings. The molecule has 27 heavy (non-hydrogen) atoms. The van der Waals surface area contributed by atoms with E-state index in [2.05, 4.69) is 9.97 Å². The maximum atomic E-state index is 13.0. The van der Waals surface area contributed by atoms with Gasteiger partial charge >= 0.3 is 5.69 Å². The molecule has 7 heteroatoms. The van der Waals surface area contributed by atoms with Crippen molar-refractivity contribution in [2.75, 3.05) is 6.54 Å². The lowest BCUT2D eigenvalue weighted by atomic mass is 10.1. The number of hydrogen-bond donors (Lipinski definition) is 2. The SMILES string of the molecule is O=C(c1c[nH]c(=O)[nH]c1=O)N1Cc2ccccc2OC(c2ccccc2)C1. The van der Waals surface area contributed by atoms with Crippen molar-refractivity contribution in [3.05, 3.63) is 98.3 Å². The second-order valence-electron chi connectivity index (χ2n) is 6.30. The van der Waals surface area contributed by atoms with Crippen molar-refractivity contribution in [1.82, 2.24) is 14.9 Å². The van der Waals surface area contributed by atoms with Crippen LogP contribution in [0.4, 0.5) is 0 Å². The van der Waals surface area contributed by atoms with Gasteiger partial charge in [0.25, 0.3) is 11.5 Å². The lowest BCUT2D eigenvalue weighted by Gasteiger charge is -2.24. The van der Waals surface area contributed by atoms with Gasteiger partial charge in [0.05, 0.1) is 6.54 Å². The van der Waals surface area contributed by atoms with Crippen molar-refractivity contribution in [3.8, 4) is 5.75 Å². The van der Waals surface area contributed by atoms with Crippen molar-refractivity contribution in [2.24, 2.45) is 0 Å². The Morgan fingerprint density at radius 1 is 1.04 bits per heavy atom. The molecule has 7 nitrogen and oxygen atoms in total. The summed E-state index contributed by atoms with van der Waals surface area (Å²) < 4.78 is 6.17. The van der Waals surface area contributed by atoms with Crippen molar-refractivity contribution in [1.29, 1.82) is 0 Å². The number of aromatic amines is 2. The maximum Gasteiger partial charge on any atom is 0.325 e. The monoisotopic (exact) mass is 363 g/mol. The second kappa shape index (κ2) is 6.95. The molecule has 1 aliphatic heterocycles. The summed E-state index contributed by atoms with van der Waals surface area (Å²) >= 11 is 0. The lowest BCUT2D eigenvalue weighted by molar-refractivity contribution is 0.0675. The zero-order chi connectivity index (χ0) is 18.8. The van der Waals surface area contributed by atoms with Crippen LogP contribution in [0.1, 0.15) is 27.6 Å². The summed E-state index contributed by atoms with van der Waals surface area (Å²) in [6, 6.07) is 17.1. The van der Waals surface area contributed by atoms with Crippen LogP contribution >= 0.6 is 0 Å². The van der Waals surface area contributed by atoms with Gasteiger partial charge in [0, 0.05) is 18.3 Å². The average molecular weight is 363 g/mol. The molecule has 2 N–H and O–H groups in total. The highest BCUT2D eigenvalue weighted by Crippen LogP contribution is 2.31. The fraction of sp³-hybridized carbons (Fsp3) is 0.150. The Hall–Kier alpha value is -3.61. The molecule has 0 aliphatic carbocycles. The highest BCUT2D eigenvalue weighted by atomic mass is 16.5. The molecule has 2 aromatic carbocycles. The topological polar surface area (TPSA) is 95.3 Å². The van der Waals surface area contributed by atoms with E-state index in [9.17, 15) is 14.4 Å². The third kappa shape index (κ3) is 3.39. The summed E-state index contributed by atoms with van der Waals surface area (Å²) in [5, 5.41) is 0. The molecule has 4 rings (SSSR count). The predicted octanol–water partition coefficient (Wildman–Crippen LogP) is 1.84. The van der Waals surface area contributed by atoms with E-state index in [1.54, 1.807) is 4.90 Å². The summed E-state index contributed by atoms with van der Waals surface area (Å²) in [7, 11) is 0. The molecule has 1 aliphatic rings. The van der Waals surface area contributed by atoms with Gasteiger partial charge in [-0.05, 0) is 11.6 Å². The number of para-hydroxylation sites is 1. The lowest BCUT2D eigenvalue weighted by Crippen LogP contribution is -2.38. The Balaban J connectivity index is 1.74. The van der Waals surface area contributed by atoms with Gasteiger partial charge in [0.15, 0.2) is 0 Å². The third-order valence-electron chi connectivity index (χ3n) is 4.50. The Bertz CT molecular complexity index is 1090. The van der Waals surface area contributed by atoms with Gasteiger partial charge in [-0.15, -0.1) is 0 Å². The number of amides is 1. The Labute approximate surface area is 154 Å². The number of ether oxygens (including phenoxy) is 1. The van der Waals surface area contributed by atoms with Crippen LogP contribution in [0.5, 0.6) is 5.75 Å². The van der Waals surface area contributed by atoms with Crippen LogP contribution in [-0.4, -0.2) is 27.3 Å². The number of nitrogens with zero attached hydrogens (tertiary/aromatic N) is 1. The summed E-state index contributed by atoms with van der Waals surface area (Å²) in [5.41, 5.74) is 0.315. The van der Waals surface area contributed by atoms with Gasteiger partial charge in [-0.2, -0.15) is 0 Å². The number of hydrogen-bond acceptors (Lipinski definition) is 4. The van der Waals surface area contributed by atoms with E-state index in [1.165, 1.54) is 0 Å². The average Bonchev–Trinajstić information content (AvgIpc) is 2.88. The summed E-state index contributed by atoms with van der Waals surface area (Å²) in [5.74, 6) is 0.241. The Morgan fingerprint density at radius 3 is 2.56 bits per heavy atom. The normalized spacial score (nSPS) is 16.1. The van der Waals surface area contributed by atoms with E-state index in [-0.39, 0.29) is 18.2 Å². The molecule has 0 bridgehead atoms. The largest absolute Gasteiger partial charge is 0.484 e. The number of H-pyrrole nitrogens is 2. The fourth-order valence-corrected chi connectivity index (χ4v) is 3.15. The zero-order valence-electron chi connectivity index (χ0n) is 14.3.